The lowest BCUT2D eigenvalue weighted by atomic mass is 10.1. The van der Waals surface area contributed by atoms with Crippen molar-refractivity contribution in [2.24, 2.45) is 4.99 Å². The fourth-order valence-corrected chi connectivity index (χ4v) is 3.71. The van der Waals surface area contributed by atoms with Crippen molar-refractivity contribution in [2.75, 3.05) is 11.9 Å². The van der Waals surface area contributed by atoms with Gasteiger partial charge in [-0.3, -0.25) is 19.8 Å². The largest absolute Gasteiger partial charge is 0.326 e. The average Bonchev–Trinajstić information content (AvgIpc) is 3.04. The zero-order chi connectivity index (χ0) is 23.3. The fraction of sp³-hybridized carbons (Fsp3) is 0.320. The molecule has 0 spiro atoms. The van der Waals surface area contributed by atoms with Gasteiger partial charge in [0.1, 0.15) is 0 Å². The number of aromatic nitrogens is 2. The van der Waals surface area contributed by atoms with E-state index in [-0.39, 0.29) is 5.91 Å². The summed E-state index contributed by atoms with van der Waals surface area (Å²) in [4.78, 5) is 17.5. The maximum Gasteiger partial charge on any atom is 0.257 e. The third-order valence-corrected chi connectivity index (χ3v) is 5.91. The molecule has 2 aromatic carbocycles. The molecular formula is C25H30ClN5O. The summed E-state index contributed by atoms with van der Waals surface area (Å²) in [5.74, 6) is 0.168. The first-order chi connectivity index (χ1) is 15.3. The number of anilines is 1. The van der Waals surface area contributed by atoms with Crippen LogP contribution in [0.25, 0.3) is 0 Å². The Morgan fingerprint density at radius 2 is 1.81 bits per heavy atom. The number of halogens is 1. The summed E-state index contributed by atoms with van der Waals surface area (Å²) in [6, 6.07) is 12.8. The molecule has 0 unspecified atom stereocenters. The molecule has 0 aliphatic carbocycles. The van der Waals surface area contributed by atoms with E-state index in [0.717, 1.165) is 41.2 Å². The number of aryl methyl sites for hydroxylation is 3. The zero-order valence-corrected chi connectivity index (χ0v) is 20.0. The molecule has 32 heavy (non-hydrogen) atoms. The van der Waals surface area contributed by atoms with Gasteiger partial charge in [-0.05, 0) is 88.1 Å². The van der Waals surface area contributed by atoms with E-state index in [4.69, 9.17) is 16.6 Å². The molecule has 1 amide bonds. The van der Waals surface area contributed by atoms with Crippen LogP contribution in [0.3, 0.4) is 0 Å². The molecule has 0 aliphatic heterocycles. The van der Waals surface area contributed by atoms with Gasteiger partial charge < -0.3 is 5.32 Å². The minimum Gasteiger partial charge on any atom is -0.326 e. The van der Waals surface area contributed by atoms with Crippen LogP contribution in [0.4, 0.5) is 5.69 Å². The van der Waals surface area contributed by atoms with Crippen LogP contribution in [-0.2, 0) is 13.0 Å². The Morgan fingerprint density at radius 1 is 1.09 bits per heavy atom. The number of benzene rings is 2. The minimum absolute atomic E-state index is 0.246. The van der Waals surface area contributed by atoms with Crippen molar-refractivity contribution in [1.82, 2.24) is 15.1 Å². The predicted octanol–water partition coefficient (Wildman–Crippen LogP) is 5.23. The summed E-state index contributed by atoms with van der Waals surface area (Å²) >= 11 is 5.95. The minimum atomic E-state index is -0.246. The normalized spacial score (nSPS) is 11.5. The van der Waals surface area contributed by atoms with Crippen molar-refractivity contribution in [3.8, 4) is 0 Å². The maximum absolute atomic E-state index is 12.8. The number of rotatable bonds is 6. The summed E-state index contributed by atoms with van der Waals surface area (Å²) < 4.78 is 2.01. The Kier molecular flexibility index (Phi) is 7.70. The van der Waals surface area contributed by atoms with Gasteiger partial charge in [0.25, 0.3) is 5.91 Å². The van der Waals surface area contributed by atoms with E-state index < -0.39 is 0 Å². The lowest BCUT2D eigenvalue weighted by molar-refractivity contribution is 0.0977. The van der Waals surface area contributed by atoms with Gasteiger partial charge in [0.15, 0.2) is 0 Å². The number of hydrogen-bond donors (Lipinski definition) is 2. The van der Waals surface area contributed by atoms with Gasteiger partial charge in [-0.2, -0.15) is 5.10 Å². The van der Waals surface area contributed by atoms with E-state index in [1.54, 1.807) is 24.3 Å². The maximum atomic E-state index is 12.8. The van der Waals surface area contributed by atoms with Gasteiger partial charge in [0, 0.05) is 35.1 Å². The molecule has 1 aromatic heterocycles. The number of carbonyl (C=O) groups excluding carboxylic acids is 1. The second-order valence-electron chi connectivity index (χ2n) is 7.78. The number of amides is 1. The molecule has 7 heteroatoms. The third-order valence-electron chi connectivity index (χ3n) is 5.66. The molecule has 6 nitrogen and oxygen atoms in total. The molecule has 1 heterocycles. The first-order valence-corrected chi connectivity index (χ1v) is 11.2. The molecule has 0 saturated carbocycles. The van der Waals surface area contributed by atoms with Gasteiger partial charge in [-0.15, -0.1) is 0 Å². The monoisotopic (exact) mass is 451 g/mol. The molecule has 3 rings (SSSR count). The predicted molar refractivity (Wildman–Crippen MR) is 132 cm³/mol. The van der Waals surface area contributed by atoms with Crippen LogP contribution in [-0.4, -0.2) is 28.2 Å². The van der Waals surface area contributed by atoms with Crippen LogP contribution in [0.15, 0.2) is 47.5 Å². The van der Waals surface area contributed by atoms with E-state index in [0.29, 0.717) is 23.1 Å². The third kappa shape index (κ3) is 5.56. The Labute approximate surface area is 194 Å². The number of hydrogen-bond acceptors (Lipinski definition) is 3. The van der Waals surface area contributed by atoms with Crippen LogP contribution in [0.2, 0.25) is 5.02 Å². The Balaban J connectivity index is 1.82. The van der Waals surface area contributed by atoms with Gasteiger partial charge in [-0.25, -0.2) is 0 Å². The van der Waals surface area contributed by atoms with E-state index in [1.807, 2.05) is 30.7 Å². The standard InChI is InChI=1S/C25H30ClN5O/c1-6-31-19(5)22(18(4)30-31)14-15-27-25(28-23-9-7-8-16(2)17(23)3)29-24(32)20-10-12-21(26)13-11-20/h7-13H,6,14-15H2,1-5H3,(H2,27,28,29,32). The summed E-state index contributed by atoms with van der Waals surface area (Å²) in [6.45, 7) is 11.6. The van der Waals surface area contributed by atoms with Crippen molar-refractivity contribution in [2.45, 2.75) is 47.6 Å². The molecule has 0 bridgehead atoms. The Hall–Kier alpha value is -3.12. The van der Waals surface area contributed by atoms with E-state index in [9.17, 15) is 4.79 Å². The van der Waals surface area contributed by atoms with E-state index >= 15 is 0 Å². The molecule has 3 aromatic rings. The van der Waals surface area contributed by atoms with Crippen molar-refractivity contribution in [3.63, 3.8) is 0 Å². The summed E-state index contributed by atoms with van der Waals surface area (Å²) in [6.07, 6.45) is 0.743. The second kappa shape index (κ2) is 10.5. The summed E-state index contributed by atoms with van der Waals surface area (Å²) in [5, 5.41) is 11.4. The van der Waals surface area contributed by atoms with Crippen molar-refractivity contribution in [3.05, 3.63) is 81.1 Å². The smallest absolute Gasteiger partial charge is 0.257 e. The summed E-state index contributed by atoms with van der Waals surface area (Å²) in [5.41, 5.74) is 7.08. The highest BCUT2D eigenvalue weighted by Crippen LogP contribution is 2.18. The molecule has 168 valence electrons. The second-order valence-corrected chi connectivity index (χ2v) is 8.22. The van der Waals surface area contributed by atoms with E-state index in [1.165, 1.54) is 5.56 Å². The lowest BCUT2D eigenvalue weighted by Crippen LogP contribution is -2.36. The average molecular weight is 452 g/mol. The molecule has 2 N–H and O–H groups in total. The Bertz CT molecular complexity index is 1130. The van der Waals surface area contributed by atoms with Crippen LogP contribution in [0.1, 0.15) is 45.4 Å². The summed E-state index contributed by atoms with van der Waals surface area (Å²) in [7, 11) is 0. The number of guanidine groups is 1. The van der Waals surface area contributed by atoms with Crippen LogP contribution in [0.5, 0.6) is 0 Å². The Morgan fingerprint density at radius 3 is 2.47 bits per heavy atom. The van der Waals surface area contributed by atoms with Gasteiger partial charge in [-0.1, -0.05) is 23.7 Å². The lowest BCUT2D eigenvalue weighted by Gasteiger charge is -2.15. The molecule has 0 fully saturated rings. The topological polar surface area (TPSA) is 71.3 Å². The van der Waals surface area contributed by atoms with Crippen LogP contribution < -0.4 is 10.6 Å². The molecular weight excluding hydrogens is 422 g/mol. The SMILES string of the molecule is CCn1nc(C)c(CCN=C(NC(=O)c2ccc(Cl)cc2)Nc2cccc(C)c2C)c1C. The van der Waals surface area contributed by atoms with Crippen LogP contribution in [0, 0.1) is 27.7 Å². The molecule has 0 radical (unpaired) electrons. The highest BCUT2D eigenvalue weighted by atomic mass is 35.5. The number of aliphatic imine (C=N–C) groups is 1. The molecule has 0 atom stereocenters. The van der Waals surface area contributed by atoms with Crippen molar-refractivity contribution >= 4 is 29.2 Å². The zero-order valence-electron chi connectivity index (χ0n) is 19.3. The van der Waals surface area contributed by atoms with E-state index in [2.05, 4.69) is 42.6 Å². The van der Waals surface area contributed by atoms with Gasteiger partial charge in [0.2, 0.25) is 5.96 Å². The quantitative estimate of drug-likeness (QED) is 0.398. The first-order valence-electron chi connectivity index (χ1n) is 10.8. The highest BCUT2D eigenvalue weighted by molar-refractivity contribution is 6.30. The highest BCUT2D eigenvalue weighted by Gasteiger charge is 2.13. The number of carbonyl (C=O) groups is 1. The van der Waals surface area contributed by atoms with Crippen molar-refractivity contribution in [1.29, 1.82) is 0 Å². The van der Waals surface area contributed by atoms with Crippen LogP contribution >= 0.6 is 11.6 Å². The van der Waals surface area contributed by atoms with Crippen molar-refractivity contribution < 1.29 is 4.79 Å². The molecule has 0 aliphatic rings. The first kappa shape index (κ1) is 23.5. The fourth-order valence-electron chi connectivity index (χ4n) is 3.59. The van der Waals surface area contributed by atoms with Gasteiger partial charge in [0.05, 0.1) is 5.69 Å². The van der Waals surface area contributed by atoms with Gasteiger partial charge >= 0.3 is 0 Å². The number of nitrogens with zero attached hydrogens (tertiary/aromatic N) is 3. The number of nitrogens with one attached hydrogen (secondary N) is 2. The molecule has 0 saturated heterocycles.